The summed E-state index contributed by atoms with van der Waals surface area (Å²) >= 11 is 0. The van der Waals surface area contributed by atoms with E-state index in [1.165, 1.54) is 32.1 Å². The highest BCUT2D eigenvalue weighted by Gasteiger charge is 2.49. The first-order chi connectivity index (χ1) is 15.6. The quantitative estimate of drug-likeness (QED) is 0.339. The molecule has 180 valence electrons. The number of aldehydes is 2. The highest BCUT2D eigenvalue weighted by molar-refractivity contribution is 5.60. The first-order valence-electron chi connectivity index (χ1n) is 12.7. The topological polar surface area (TPSA) is 71.1 Å². The molecule has 4 fully saturated rings. The predicted octanol–water partition coefficient (Wildman–Crippen LogP) is 4.89. The van der Waals surface area contributed by atoms with Crippen LogP contribution in [0.15, 0.2) is 12.2 Å². The van der Waals surface area contributed by atoms with Crippen LogP contribution in [0.2, 0.25) is 0 Å². The average molecular weight is 449 g/mol. The first kappa shape index (κ1) is 24.1. The Balaban J connectivity index is 0.000000154. The summed E-state index contributed by atoms with van der Waals surface area (Å²) in [5.74, 6) is -0.722. The maximum atomic E-state index is 11.4. The van der Waals surface area contributed by atoms with Crippen molar-refractivity contribution in [3.63, 3.8) is 0 Å². The SMILES string of the molecule is C1=C[C@@]2(CCC1)CCCC1(C2)OCCO1.O=CCCC[C@]1(C=O)CCCC2(C1)OCCO2. The molecule has 0 amide bonds. The number of ether oxygens (including phenoxy) is 4. The van der Waals surface area contributed by atoms with Crippen molar-refractivity contribution >= 4 is 12.6 Å². The predicted molar refractivity (Wildman–Crippen MR) is 120 cm³/mol. The Kier molecular flexibility index (Phi) is 7.86. The Morgan fingerprint density at radius 2 is 1.38 bits per heavy atom. The van der Waals surface area contributed by atoms with Crippen molar-refractivity contribution in [3.8, 4) is 0 Å². The lowest BCUT2D eigenvalue weighted by atomic mass is 9.67. The van der Waals surface area contributed by atoms with E-state index in [0.717, 1.165) is 70.7 Å². The van der Waals surface area contributed by atoms with Crippen LogP contribution >= 0.6 is 0 Å². The molecule has 2 aliphatic heterocycles. The number of hydrogen-bond donors (Lipinski definition) is 0. The van der Waals surface area contributed by atoms with Gasteiger partial charge in [-0.15, -0.1) is 0 Å². The van der Waals surface area contributed by atoms with Crippen molar-refractivity contribution in [2.24, 2.45) is 10.8 Å². The Hall–Kier alpha value is -1.08. The number of carbonyl (C=O) groups is 2. The number of hydrogen-bond acceptors (Lipinski definition) is 6. The van der Waals surface area contributed by atoms with Gasteiger partial charge in [0.2, 0.25) is 0 Å². The number of allylic oxidation sites excluding steroid dienone is 2. The molecule has 0 aromatic carbocycles. The molecule has 0 N–H and O–H groups in total. The molecule has 0 radical (unpaired) electrons. The third-order valence-electron chi connectivity index (χ3n) is 8.10. The van der Waals surface area contributed by atoms with E-state index < -0.39 is 5.79 Å². The summed E-state index contributed by atoms with van der Waals surface area (Å²) in [5, 5.41) is 0. The van der Waals surface area contributed by atoms with Crippen molar-refractivity contribution in [1.82, 2.24) is 0 Å². The van der Waals surface area contributed by atoms with E-state index in [1.807, 2.05) is 0 Å². The molecular weight excluding hydrogens is 408 g/mol. The second-order valence-corrected chi connectivity index (χ2v) is 10.5. The highest BCUT2D eigenvalue weighted by atomic mass is 16.7. The van der Waals surface area contributed by atoms with Crippen LogP contribution in [0, 0.1) is 10.8 Å². The largest absolute Gasteiger partial charge is 0.348 e. The molecule has 2 heterocycles. The Morgan fingerprint density at radius 1 is 0.750 bits per heavy atom. The van der Waals surface area contributed by atoms with Crippen LogP contribution in [-0.4, -0.2) is 50.6 Å². The maximum absolute atomic E-state index is 11.4. The summed E-state index contributed by atoms with van der Waals surface area (Å²) in [6, 6.07) is 0. The summed E-state index contributed by atoms with van der Waals surface area (Å²) in [5.41, 5.74) is 0.0619. The van der Waals surface area contributed by atoms with E-state index in [4.69, 9.17) is 18.9 Å². The maximum Gasteiger partial charge on any atom is 0.169 e. The average Bonchev–Trinajstić information content (AvgIpc) is 3.45. The van der Waals surface area contributed by atoms with Gasteiger partial charge in [0.05, 0.1) is 26.4 Å². The number of carbonyl (C=O) groups excluding carboxylic acids is 2. The molecule has 6 nitrogen and oxygen atoms in total. The van der Waals surface area contributed by atoms with Crippen LogP contribution in [0.4, 0.5) is 0 Å². The second kappa shape index (κ2) is 10.5. The summed E-state index contributed by atoms with van der Waals surface area (Å²) in [6.07, 6.45) is 21.0. The number of unbranched alkanes of at least 4 members (excludes halogenated alkanes) is 1. The monoisotopic (exact) mass is 448 g/mol. The lowest BCUT2D eigenvalue weighted by molar-refractivity contribution is -0.201. The molecule has 32 heavy (non-hydrogen) atoms. The van der Waals surface area contributed by atoms with Crippen molar-refractivity contribution in [2.75, 3.05) is 26.4 Å². The van der Waals surface area contributed by atoms with Gasteiger partial charge in [0.25, 0.3) is 0 Å². The summed E-state index contributed by atoms with van der Waals surface area (Å²) in [4.78, 5) is 21.8. The molecular formula is C26H40O6. The van der Waals surface area contributed by atoms with Gasteiger partial charge in [0.1, 0.15) is 12.6 Å². The zero-order chi connectivity index (χ0) is 22.4. The molecule has 0 bridgehead atoms. The molecule has 6 heteroatoms. The molecule has 5 aliphatic rings. The Morgan fingerprint density at radius 3 is 1.97 bits per heavy atom. The highest BCUT2D eigenvalue weighted by Crippen LogP contribution is 2.50. The molecule has 2 saturated heterocycles. The minimum Gasteiger partial charge on any atom is -0.348 e. The Labute approximate surface area is 192 Å². The van der Waals surface area contributed by atoms with Crippen LogP contribution in [0.3, 0.4) is 0 Å². The van der Waals surface area contributed by atoms with Gasteiger partial charge >= 0.3 is 0 Å². The van der Waals surface area contributed by atoms with Gasteiger partial charge in [-0.05, 0) is 63.2 Å². The van der Waals surface area contributed by atoms with E-state index in [2.05, 4.69) is 12.2 Å². The third kappa shape index (κ3) is 5.52. The van der Waals surface area contributed by atoms with Gasteiger partial charge in [-0.3, -0.25) is 0 Å². The first-order valence-corrected chi connectivity index (χ1v) is 12.7. The van der Waals surface area contributed by atoms with Gasteiger partial charge in [-0.25, -0.2) is 0 Å². The third-order valence-corrected chi connectivity index (χ3v) is 8.10. The van der Waals surface area contributed by atoms with E-state index in [-0.39, 0.29) is 11.2 Å². The van der Waals surface area contributed by atoms with Crippen LogP contribution < -0.4 is 0 Å². The molecule has 3 aliphatic carbocycles. The van der Waals surface area contributed by atoms with Crippen LogP contribution in [-0.2, 0) is 28.5 Å². The fourth-order valence-corrected chi connectivity index (χ4v) is 6.59. The zero-order valence-corrected chi connectivity index (χ0v) is 19.5. The fraction of sp³-hybridized carbons (Fsp3) is 0.846. The molecule has 0 unspecified atom stereocenters. The van der Waals surface area contributed by atoms with Crippen molar-refractivity contribution in [1.29, 1.82) is 0 Å². The van der Waals surface area contributed by atoms with Crippen molar-refractivity contribution in [3.05, 3.63) is 12.2 Å². The minimum atomic E-state index is -0.514. The fourth-order valence-electron chi connectivity index (χ4n) is 6.59. The smallest absolute Gasteiger partial charge is 0.169 e. The molecule has 0 aromatic rings. The standard InChI is InChI=1S/C13H20O4.C13H20O2/c14-7-2-1-4-12(11-15)5-3-6-13(10-12)16-8-9-17-13;1-2-5-12(6-3-1)7-4-8-13(11-12)14-9-10-15-13/h7,11H,1-6,8-10H2;2,5H,1,3-4,6-11H2/t2*12-/m01/s1. The van der Waals surface area contributed by atoms with E-state index in [1.54, 1.807) is 0 Å². The molecule has 2 atom stereocenters. The molecule has 2 saturated carbocycles. The van der Waals surface area contributed by atoms with Gasteiger partial charge < -0.3 is 28.5 Å². The normalized spacial score (nSPS) is 35.0. The second-order valence-electron chi connectivity index (χ2n) is 10.5. The Bertz CT molecular complexity index is 663. The minimum absolute atomic E-state index is 0.208. The zero-order valence-electron chi connectivity index (χ0n) is 19.5. The van der Waals surface area contributed by atoms with Crippen LogP contribution in [0.1, 0.15) is 89.9 Å². The lowest BCUT2D eigenvalue weighted by Gasteiger charge is -2.44. The molecule has 3 spiro atoms. The van der Waals surface area contributed by atoms with E-state index >= 15 is 0 Å². The van der Waals surface area contributed by atoms with Gasteiger partial charge in [0.15, 0.2) is 11.6 Å². The lowest BCUT2D eigenvalue weighted by Crippen LogP contribution is -2.43. The van der Waals surface area contributed by atoms with Crippen molar-refractivity contribution in [2.45, 2.75) is 101 Å². The van der Waals surface area contributed by atoms with E-state index in [9.17, 15) is 9.59 Å². The van der Waals surface area contributed by atoms with Gasteiger partial charge in [0, 0.05) is 37.5 Å². The molecule has 0 aromatic heterocycles. The van der Waals surface area contributed by atoms with Gasteiger partial charge in [-0.1, -0.05) is 12.2 Å². The summed E-state index contributed by atoms with van der Waals surface area (Å²) in [7, 11) is 0. The molecule has 5 rings (SSSR count). The summed E-state index contributed by atoms with van der Waals surface area (Å²) in [6.45, 7) is 2.84. The van der Waals surface area contributed by atoms with Crippen molar-refractivity contribution < 1.29 is 28.5 Å². The van der Waals surface area contributed by atoms with Crippen LogP contribution in [0.25, 0.3) is 0 Å². The van der Waals surface area contributed by atoms with Crippen LogP contribution in [0.5, 0.6) is 0 Å². The van der Waals surface area contributed by atoms with E-state index in [0.29, 0.717) is 31.5 Å². The van der Waals surface area contributed by atoms with Gasteiger partial charge in [-0.2, -0.15) is 0 Å². The summed E-state index contributed by atoms with van der Waals surface area (Å²) < 4.78 is 23.1. The number of rotatable bonds is 5.